The van der Waals surface area contributed by atoms with Crippen LogP contribution in [-0.2, 0) is 11.3 Å². The lowest BCUT2D eigenvalue weighted by Crippen LogP contribution is -2.39. The van der Waals surface area contributed by atoms with Gasteiger partial charge >= 0.3 is 0 Å². The van der Waals surface area contributed by atoms with Crippen LogP contribution in [0.3, 0.4) is 0 Å². The molecule has 2 aliphatic heterocycles. The first-order valence-electron chi connectivity index (χ1n) is 11.2. The molecule has 1 aliphatic carbocycles. The van der Waals surface area contributed by atoms with E-state index in [1.54, 1.807) is 0 Å². The number of piperidine rings is 1. The Hall–Kier alpha value is -1.98. The minimum atomic E-state index is 0.287. The van der Waals surface area contributed by atoms with Crippen molar-refractivity contribution >= 4 is 16.8 Å². The summed E-state index contributed by atoms with van der Waals surface area (Å²) in [5, 5.41) is 1.26. The van der Waals surface area contributed by atoms with Gasteiger partial charge in [0.15, 0.2) is 0 Å². The van der Waals surface area contributed by atoms with Crippen LogP contribution in [0.25, 0.3) is 10.9 Å². The summed E-state index contributed by atoms with van der Waals surface area (Å²) in [4.78, 5) is 24.6. The number of likely N-dealkylation sites (tertiary alicyclic amines) is 1. The highest BCUT2D eigenvalue weighted by molar-refractivity contribution is 5.83. The molecular formula is C24H32N4O. The first-order chi connectivity index (χ1) is 14.1. The Labute approximate surface area is 173 Å². The molecule has 29 heavy (non-hydrogen) atoms. The van der Waals surface area contributed by atoms with Gasteiger partial charge in [-0.2, -0.15) is 0 Å². The Morgan fingerprint density at radius 3 is 2.79 bits per heavy atom. The molecule has 1 aromatic heterocycles. The van der Waals surface area contributed by atoms with E-state index in [0.717, 1.165) is 64.2 Å². The number of fused-ring (bicyclic) bond motifs is 1. The van der Waals surface area contributed by atoms with Crippen molar-refractivity contribution in [2.24, 2.45) is 11.3 Å². The maximum absolute atomic E-state index is 13.1. The number of carbonyl (C=O) groups excluding carboxylic acids is 1. The molecule has 3 aliphatic rings. The number of hydrogen-bond donors (Lipinski definition) is 0. The number of aromatic nitrogens is 1. The lowest BCUT2D eigenvalue weighted by atomic mass is 9.90. The number of amides is 1. The number of benzene rings is 1. The summed E-state index contributed by atoms with van der Waals surface area (Å²) in [5.41, 5.74) is 2.74. The quantitative estimate of drug-likeness (QED) is 0.805. The second-order valence-corrected chi connectivity index (χ2v) is 9.36. The van der Waals surface area contributed by atoms with E-state index in [9.17, 15) is 4.79 Å². The van der Waals surface area contributed by atoms with E-state index in [0.29, 0.717) is 11.3 Å². The van der Waals surface area contributed by atoms with Crippen molar-refractivity contribution < 1.29 is 4.79 Å². The number of hydrogen-bond acceptors (Lipinski definition) is 4. The van der Waals surface area contributed by atoms with Crippen molar-refractivity contribution in [3.05, 3.63) is 42.1 Å². The van der Waals surface area contributed by atoms with Crippen molar-refractivity contribution in [2.75, 3.05) is 46.3 Å². The zero-order valence-corrected chi connectivity index (χ0v) is 17.5. The average Bonchev–Trinajstić information content (AvgIpc) is 3.49. The first kappa shape index (κ1) is 19.0. The van der Waals surface area contributed by atoms with Crippen LogP contribution in [0.15, 0.2) is 36.5 Å². The van der Waals surface area contributed by atoms with Gasteiger partial charge in [-0.1, -0.05) is 18.2 Å². The molecule has 0 bridgehead atoms. The molecule has 2 aromatic rings. The minimum Gasteiger partial charge on any atom is -0.341 e. The molecule has 3 heterocycles. The molecule has 5 heteroatoms. The highest BCUT2D eigenvalue weighted by atomic mass is 16.2. The molecule has 1 spiro atoms. The third-order valence-electron chi connectivity index (χ3n) is 7.50. The zero-order valence-electron chi connectivity index (χ0n) is 17.5. The molecule has 5 rings (SSSR count). The monoisotopic (exact) mass is 392 g/mol. The van der Waals surface area contributed by atoms with Gasteiger partial charge in [-0.3, -0.25) is 14.7 Å². The Morgan fingerprint density at radius 1 is 1.07 bits per heavy atom. The summed E-state index contributed by atoms with van der Waals surface area (Å²) in [5.74, 6) is 0.726. The topological polar surface area (TPSA) is 39.7 Å². The fourth-order valence-electron chi connectivity index (χ4n) is 5.44. The highest BCUT2D eigenvalue weighted by Crippen LogP contribution is 2.60. The predicted octanol–water partition coefficient (Wildman–Crippen LogP) is 3.00. The molecule has 154 valence electrons. The van der Waals surface area contributed by atoms with Crippen molar-refractivity contribution in [2.45, 2.75) is 32.2 Å². The van der Waals surface area contributed by atoms with Gasteiger partial charge in [-0.25, -0.2) is 0 Å². The molecular weight excluding hydrogens is 360 g/mol. The number of likely N-dealkylation sites (N-methyl/N-ethyl adjacent to an activating group) is 1. The van der Waals surface area contributed by atoms with Crippen LogP contribution >= 0.6 is 0 Å². The fourth-order valence-corrected chi connectivity index (χ4v) is 5.44. The fraction of sp³-hybridized carbons (Fsp3) is 0.583. The van der Waals surface area contributed by atoms with Crippen LogP contribution in [0, 0.1) is 11.3 Å². The summed E-state index contributed by atoms with van der Waals surface area (Å²) < 4.78 is 0. The summed E-state index contributed by atoms with van der Waals surface area (Å²) in [7, 11) is 2.16. The zero-order chi connectivity index (χ0) is 19.8. The van der Waals surface area contributed by atoms with Gasteiger partial charge in [0.1, 0.15) is 0 Å². The Balaban J connectivity index is 1.18. The highest BCUT2D eigenvalue weighted by Gasteiger charge is 2.59. The molecule has 1 amide bonds. The second kappa shape index (κ2) is 7.69. The Kier molecular flexibility index (Phi) is 5.04. The van der Waals surface area contributed by atoms with Crippen molar-refractivity contribution in [3.8, 4) is 0 Å². The maximum Gasteiger partial charge on any atom is 0.226 e. The SMILES string of the molecule is CN1CCCN(C(=O)C2CC23CCN(Cc2cccc4ncccc24)CC3)CC1. The molecule has 5 nitrogen and oxygen atoms in total. The smallest absolute Gasteiger partial charge is 0.226 e. The molecule has 3 fully saturated rings. The van der Waals surface area contributed by atoms with Gasteiger partial charge in [-0.05, 0) is 75.5 Å². The molecule has 1 atom stereocenters. The van der Waals surface area contributed by atoms with Crippen molar-refractivity contribution in [3.63, 3.8) is 0 Å². The molecule has 2 saturated heterocycles. The number of nitrogens with zero attached hydrogens (tertiary/aromatic N) is 4. The third kappa shape index (κ3) is 3.78. The molecule has 0 radical (unpaired) electrons. The summed E-state index contributed by atoms with van der Waals surface area (Å²) in [6, 6.07) is 10.6. The van der Waals surface area contributed by atoms with Crippen LogP contribution in [0.5, 0.6) is 0 Å². The van der Waals surface area contributed by atoms with Crippen LogP contribution in [0.4, 0.5) is 0 Å². The summed E-state index contributed by atoms with van der Waals surface area (Å²) in [6.45, 7) is 7.15. The number of carbonyl (C=O) groups is 1. The van der Waals surface area contributed by atoms with E-state index >= 15 is 0 Å². The minimum absolute atomic E-state index is 0.287. The van der Waals surface area contributed by atoms with Gasteiger partial charge in [0.2, 0.25) is 5.91 Å². The molecule has 1 unspecified atom stereocenters. The van der Waals surface area contributed by atoms with E-state index in [1.807, 2.05) is 12.3 Å². The largest absolute Gasteiger partial charge is 0.341 e. The van der Waals surface area contributed by atoms with Gasteiger partial charge in [0.05, 0.1) is 5.52 Å². The summed E-state index contributed by atoms with van der Waals surface area (Å²) in [6.07, 6.45) is 6.42. The Bertz CT molecular complexity index is 884. The van der Waals surface area contributed by atoms with Crippen LogP contribution in [0.1, 0.15) is 31.2 Å². The average molecular weight is 393 g/mol. The van der Waals surface area contributed by atoms with Gasteiger partial charge in [0, 0.05) is 43.7 Å². The second-order valence-electron chi connectivity index (χ2n) is 9.36. The van der Waals surface area contributed by atoms with Crippen LogP contribution < -0.4 is 0 Å². The van der Waals surface area contributed by atoms with Gasteiger partial charge in [-0.15, -0.1) is 0 Å². The predicted molar refractivity (Wildman–Crippen MR) is 115 cm³/mol. The van der Waals surface area contributed by atoms with E-state index in [-0.39, 0.29) is 5.92 Å². The normalized spacial score (nSPS) is 25.3. The Morgan fingerprint density at radius 2 is 1.93 bits per heavy atom. The van der Waals surface area contributed by atoms with Crippen molar-refractivity contribution in [1.82, 2.24) is 19.7 Å². The van der Waals surface area contributed by atoms with E-state index in [4.69, 9.17) is 0 Å². The van der Waals surface area contributed by atoms with E-state index < -0.39 is 0 Å². The third-order valence-corrected chi connectivity index (χ3v) is 7.50. The lowest BCUT2D eigenvalue weighted by molar-refractivity contribution is -0.133. The van der Waals surface area contributed by atoms with E-state index in [2.05, 4.69) is 51.0 Å². The standard InChI is InChI=1S/C24H32N4O/c1-26-11-4-12-28(16-15-26)23(29)21-17-24(21)8-13-27(14-9-24)18-19-5-2-7-22-20(19)6-3-10-25-22/h2-3,5-7,10,21H,4,8-9,11-18H2,1H3. The van der Waals surface area contributed by atoms with Crippen molar-refractivity contribution in [1.29, 1.82) is 0 Å². The van der Waals surface area contributed by atoms with Crippen LogP contribution in [-0.4, -0.2) is 71.9 Å². The van der Waals surface area contributed by atoms with E-state index in [1.165, 1.54) is 23.8 Å². The lowest BCUT2D eigenvalue weighted by Gasteiger charge is -2.33. The van der Waals surface area contributed by atoms with Gasteiger partial charge in [0.25, 0.3) is 0 Å². The first-order valence-corrected chi connectivity index (χ1v) is 11.2. The van der Waals surface area contributed by atoms with Gasteiger partial charge < -0.3 is 9.80 Å². The molecule has 1 saturated carbocycles. The maximum atomic E-state index is 13.1. The van der Waals surface area contributed by atoms with Crippen LogP contribution in [0.2, 0.25) is 0 Å². The summed E-state index contributed by atoms with van der Waals surface area (Å²) >= 11 is 0. The number of rotatable bonds is 3. The molecule has 1 aromatic carbocycles. The number of pyridine rings is 1. The molecule has 0 N–H and O–H groups in total.